The van der Waals surface area contributed by atoms with E-state index in [4.69, 9.17) is 0 Å². The molecule has 3 nitrogen and oxygen atoms in total. The third-order valence-corrected chi connectivity index (χ3v) is 4.17. The molecule has 0 spiro atoms. The summed E-state index contributed by atoms with van der Waals surface area (Å²) >= 11 is 0. The van der Waals surface area contributed by atoms with Crippen LogP contribution in [-0.4, -0.2) is 24.4 Å². The topological polar surface area (TPSA) is 32.3 Å². The first-order chi connectivity index (χ1) is 9.21. The molecule has 0 radical (unpaired) electrons. The van der Waals surface area contributed by atoms with E-state index in [1.165, 1.54) is 11.4 Å². The summed E-state index contributed by atoms with van der Waals surface area (Å²) in [7, 11) is 1.70. The number of allylic oxidation sites excluding steroid dienone is 6. The van der Waals surface area contributed by atoms with E-state index < -0.39 is 0 Å². The summed E-state index contributed by atoms with van der Waals surface area (Å²) in [5.74, 6) is 1.21. The van der Waals surface area contributed by atoms with E-state index >= 15 is 0 Å². The lowest BCUT2D eigenvalue weighted by Crippen LogP contribution is -2.40. The van der Waals surface area contributed by atoms with Gasteiger partial charge in [0.25, 0.3) is 0 Å². The lowest BCUT2D eigenvalue weighted by Gasteiger charge is -2.42. The summed E-state index contributed by atoms with van der Waals surface area (Å²) in [6.45, 7) is 4.84. The zero-order valence-electron chi connectivity index (χ0n) is 12.1. The second-order valence-corrected chi connectivity index (χ2v) is 5.20. The van der Waals surface area contributed by atoms with E-state index in [9.17, 15) is 4.79 Å². The molecule has 1 aliphatic carbocycles. The molecule has 2 unspecified atom stereocenters. The average molecular weight is 260 g/mol. The predicted octanol–water partition coefficient (Wildman–Crippen LogP) is 2.83. The molecule has 104 valence electrons. The second kappa shape index (κ2) is 6.09. The quantitative estimate of drug-likeness (QED) is 0.843. The van der Waals surface area contributed by atoms with Crippen LogP contribution >= 0.6 is 0 Å². The van der Waals surface area contributed by atoms with E-state index in [1.807, 2.05) is 0 Å². The van der Waals surface area contributed by atoms with Gasteiger partial charge in [-0.2, -0.15) is 0 Å². The van der Waals surface area contributed by atoms with Crippen LogP contribution in [0.3, 0.4) is 0 Å². The van der Waals surface area contributed by atoms with Crippen molar-refractivity contribution < 1.29 is 4.79 Å². The van der Waals surface area contributed by atoms with Crippen molar-refractivity contribution in [3.63, 3.8) is 0 Å². The highest BCUT2D eigenvalue weighted by molar-refractivity contribution is 5.78. The van der Waals surface area contributed by atoms with E-state index in [-0.39, 0.29) is 5.91 Å². The van der Waals surface area contributed by atoms with Gasteiger partial charge in [-0.25, -0.2) is 0 Å². The number of hydrogen-bond donors (Lipinski definition) is 1. The maximum absolute atomic E-state index is 11.7. The lowest BCUT2D eigenvalue weighted by atomic mass is 9.78. The molecular weight excluding hydrogens is 236 g/mol. The van der Waals surface area contributed by atoms with Crippen molar-refractivity contribution in [1.29, 1.82) is 0 Å². The molecule has 2 atom stereocenters. The van der Waals surface area contributed by atoms with Gasteiger partial charge in [0.05, 0.1) is 0 Å². The van der Waals surface area contributed by atoms with Crippen LogP contribution in [0.1, 0.15) is 33.1 Å². The van der Waals surface area contributed by atoms with Gasteiger partial charge in [0, 0.05) is 24.4 Å². The zero-order valence-corrected chi connectivity index (χ0v) is 12.1. The standard InChI is InChI=1S/C16H24N2O/c1-4-12-10-13(5-2)18(11-16(19)17-3)15-9-7-6-8-14(12)15/h6-7,9-10,12,14H,4-5,8,11H2,1-3H3,(H,17,19). The highest BCUT2D eigenvalue weighted by atomic mass is 16.1. The molecule has 1 aliphatic heterocycles. The van der Waals surface area contributed by atoms with E-state index in [0.717, 1.165) is 19.3 Å². The van der Waals surface area contributed by atoms with Crippen LogP contribution in [0.15, 0.2) is 35.7 Å². The molecule has 3 heteroatoms. The first-order valence-electron chi connectivity index (χ1n) is 7.26. The Labute approximate surface area is 116 Å². The minimum absolute atomic E-state index is 0.0727. The van der Waals surface area contributed by atoms with Crippen molar-refractivity contribution in [3.8, 4) is 0 Å². The van der Waals surface area contributed by atoms with Crippen LogP contribution in [0.25, 0.3) is 0 Å². The first kappa shape index (κ1) is 13.9. The number of amides is 1. The molecule has 2 rings (SSSR count). The molecule has 19 heavy (non-hydrogen) atoms. The van der Waals surface area contributed by atoms with Crippen LogP contribution in [-0.2, 0) is 4.79 Å². The van der Waals surface area contributed by atoms with Crippen molar-refractivity contribution in [2.45, 2.75) is 33.1 Å². The van der Waals surface area contributed by atoms with Crippen LogP contribution in [0.4, 0.5) is 0 Å². The summed E-state index contributed by atoms with van der Waals surface area (Å²) in [5.41, 5.74) is 2.60. The second-order valence-electron chi connectivity index (χ2n) is 5.20. The third-order valence-electron chi connectivity index (χ3n) is 4.17. The summed E-state index contributed by atoms with van der Waals surface area (Å²) in [6.07, 6.45) is 12.1. The van der Waals surface area contributed by atoms with Gasteiger partial charge in [-0.05, 0) is 31.3 Å². The molecule has 0 aromatic carbocycles. The van der Waals surface area contributed by atoms with Crippen molar-refractivity contribution >= 4 is 5.91 Å². The maximum Gasteiger partial charge on any atom is 0.239 e. The number of nitrogens with one attached hydrogen (secondary N) is 1. The Morgan fingerprint density at radius 1 is 1.47 bits per heavy atom. The fourth-order valence-electron chi connectivity index (χ4n) is 3.07. The summed E-state index contributed by atoms with van der Waals surface area (Å²) < 4.78 is 0. The minimum atomic E-state index is 0.0727. The Balaban J connectivity index is 2.33. The molecule has 0 fully saturated rings. The molecule has 1 amide bonds. The number of likely N-dealkylation sites (N-methyl/N-ethyl adjacent to an activating group) is 1. The Bertz CT molecular complexity index is 434. The van der Waals surface area contributed by atoms with E-state index in [2.05, 4.69) is 48.4 Å². The fraction of sp³-hybridized carbons (Fsp3) is 0.562. The van der Waals surface area contributed by atoms with Gasteiger partial charge in [0.2, 0.25) is 5.91 Å². The normalized spacial score (nSPS) is 25.5. The molecule has 0 saturated heterocycles. The van der Waals surface area contributed by atoms with Crippen molar-refractivity contribution in [1.82, 2.24) is 10.2 Å². The highest BCUT2D eigenvalue weighted by Gasteiger charge is 2.33. The monoisotopic (exact) mass is 260 g/mol. The molecule has 0 aromatic heterocycles. The fourth-order valence-corrected chi connectivity index (χ4v) is 3.07. The molecule has 1 N–H and O–H groups in total. The average Bonchev–Trinajstić information content (AvgIpc) is 2.47. The smallest absolute Gasteiger partial charge is 0.239 e. The summed E-state index contributed by atoms with van der Waals surface area (Å²) in [4.78, 5) is 13.9. The first-order valence-corrected chi connectivity index (χ1v) is 7.26. The molecule has 0 saturated carbocycles. The zero-order chi connectivity index (χ0) is 13.8. The highest BCUT2D eigenvalue weighted by Crippen LogP contribution is 2.40. The Hall–Kier alpha value is -1.51. The van der Waals surface area contributed by atoms with Gasteiger partial charge in [-0.1, -0.05) is 32.1 Å². The van der Waals surface area contributed by atoms with Crippen LogP contribution in [0, 0.1) is 11.8 Å². The van der Waals surface area contributed by atoms with Gasteiger partial charge in [-0.3, -0.25) is 4.79 Å². The number of carbonyl (C=O) groups is 1. The van der Waals surface area contributed by atoms with Crippen molar-refractivity contribution in [2.24, 2.45) is 11.8 Å². The number of hydrogen-bond acceptors (Lipinski definition) is 2. The maximum atomic E-state index is 11.7. The molecule has 0 aromatic rings. The summed E-state index contributed by atoms with van der Waals surface area (Å²) in [5, 5.41) is 2.72. The van der Waals surface area contributed by atoms with Gasteiger partial charge in [-0.15, -0.1) is 0 Å². The number of fused-ring (bicyclic) bond motifs is 1. The van der Waals surface area contributed by atoms with E-state index in [0.29, 0.717) is 18.4 Å². The Kier molecular flexibility index (Phi) is 4.46. The van der Waals surface area contributed by atoms with Gasteiger partial charge >= 0.3 is 0 Å². The minimum Gasteiger partial charge on any atom is -0.358 e. The number of rotatable bonds is 4. The Morgan fingerprint density at radius 2 is 2.26 bits per heavy atom. The molecule has 2 aliphatic rings. The van der Waals surface area contributed by atoms with Crippen molar-refractivity contribution in [2.75, 3.05) is 13.6 Å². The molecule has 0 bridgehead atoms. The largest absolute Gasteiger partial charge is 0.358 e. The Morgan fingerprint density at radius 3 is 2.89 bits per heavy atom. The predicted molar refractivity (Wildman–Crippen MR) is 78.3 cm³/mol. The molecular formula is C16H24N2O. The third kappa shape index (κ3) is 2.75. The van der Waals surface area contributed by atoms with Gasteiger partial charge in [0.1, 0.15) is 6.54 Å². The molecule has 1 heterocycles. The van der Waals surface area contributed by atoms with Gasteiger partial charge in [0.15, 0.2) is 0 Å². The number of carbonyl (C=O) groups excluding carboxylic acids is 1. The van der Waals surface area contributed by atoms with Crippen LogP contribution in [0.5, 0.6) is 0 Å². The van der Waals surface area contributed by atoms with Crippen LogP contribution < -0.4 is 5.32 Å². The lowest BCUT2D eigenvalue weighted by molar-refractivity contribution is -0.121. The number of nitrogens with zero attached hydrogens (tertiary/aromatic N) is 1. The summed E-state index contributed by atoms with van der Waals surface area (Å²) in [6, 6.07) is 0. The van der Waals surface area contributed by atoms with E-state index in [1.54, 1.807) is 7.05 Å². The van der Waals surface area contributed by atoms with Crippen molar-refractivity contribution in [3.05, 3.63) is 35.7 Å². The van der Waals surface area contributed by atoms with Gasteiger partial charge < -0.3 is 10.2 Å². The SMILES string of the molecule is CCC1=CC(CC)C2CC=CC=C2N1CC(=O)NC. The van der Waals surface area contributed by atoms with Crippen LogP contribution in [0.2, 0.25) is 0 Å².